The van der Waals surface area contributed by atoms with Crippen molar-refractivity contribution in [2.75, 3.05) is 5.32 Å². The van der Waals surface area contributed by atoms with E-state index < -0.39 is 0 Å². The molecule has 0 aliphatic carbocycles. The Hall–Kier alpha value is -3.15. The van der Waals surface area contributed by atoms with Crippen LogP contribution in [0.2, 0.25) is 0 Å². The molecule has 3 rings (SSSR count). The Kier molecular flexibility index (Phi) is 4.05. The molecular weight excluding hydrogens is 294 g/mol. The lowest BCUT2D eigenvalue weighted by atomic mass is 10.2. The molecule has 0 radical (unpaired) electrons. The molecular formula is C17H15N3O3. The van der Waals surface area contributed by atoms with Crippen LogP contribution in [0.15, 0.2) is 53.1 Å². The zero-order valence-electron chi connectivity index (χ0n) is 12.7. The summed E-state index contributed by atoms with van der Waals surface area (Å²) >= 11 is 0. The monoisotopic (exact) mass is 309 g/mol. The fraction of sp³-hybridized carbons (Fsp3) is 0.118. The number of hydrogen-bond acceptors (Lipinski definition) is 5. The Bertz CT molecular complexity index is 808. The van der Waals surface area contributed by atoms with Gasteiger partial charge in [0.15, 0.2) is 0 Å². The average molecular weight is 309 g/mol. The second-order valence-corrected chi connectivity index (χ2v) is 4.97. The van der Waals surface area contributed by atoms with Crippen LogP contribution in [0.5, 0.6) is 11.5 Å². The molecule has 6 nitrogen and oxygen atoms in total. The van der Waals surface area contributed by atoms with Gasteiger partial charge < -0.3 is 14.6 Å². The normalized spacial score (nSPS) is 10.3. The minimum Gasteiger partial charge on any atom is -0.457 e. The number of aromatic nitrogens is 2. The summed E-state index contributed by atoms with van der Waals surface area (Å²) in [6.45, 7) is 3.22. The number of amides is 1. The molecule has 23 heavy (non-hydrogen) atoms. The number of nitrogens with zero attached hydrogens (tertiary/aromatic N) is 2. The van der Waals surface area contributed by atoms with Crippen LogP contribution in [0.25, 0.3) is 11.4 Å². The molecule has 0 atom stereocenters. The molecule has 0 unspecified atom stereocenters. The van der Waals surface area contributed by atoms with E-state index in [1.54, 1.807) is 31.2 Å². The van der Waals surface area contributed by atoms with E-state index in [1.807, 2.05) is 24.3 Å². The standard InChI is InChI=1S/C17H15N3O3/c1-11(21)18-14-5-9-16(10-6-14)22-15-7-3-13(4-8-15)17-19-12(2)23-20-17/h3-10H,1-2H3,(H,18,21). The van der Waals surface area contributed by atoms with Crippen molar-refractivity contribution >= 4 is 11.6 Å². The molecule has 116 valence electrons. The summed E-state index contributed by atoms with van der Waals surface area (Å²) < 4.78 is 10.7. The van der Waals surface area contributed by atoms with Gasteiger partial charge in [-0.15, -0.1) is 0 Å². The number of benzene rings is 2. The van der Waals surface area contributed by atoms with Crippen LogP contribution in [-0.2, 0) is 4.79 Å². The lowest BCUT2D eigenvalue weighted by Gasteiger charge is -2.07. The third-order valence-electron chi connectivity index (χ3n) is 3.05. The van der Waals surface area contributed by atoms with Gasteiger partial charge in [0.1, 0.15) is 11.5 Å². The van der Waals surface area contributed by atoms with Gasteiger partial charge in [-0.25, -0.2) is 0 Å². The van der Waals surface area contributed by atoms with Crippen LogP contribution in [-0.4, -0.2) is 16.0 Å². The van der Waals surface area contributed by atoms with E-state index in [9.17, 15) is 4.79 Å². The van der Waals surface area contributed by atoms with Gasteiger partial charge in [-0.3, -0.25) is 4.79 Å². The van der Waals surface area contributed by atoms with E-state index in [0.29, 0.717) is 23.2 Å². The highest BCUT2D eigenvalue weighted by atomic mass is 16.5. The summed E-state index contributed by atoms with van der Waals surface area (Å²) in [7, 11) is 0. The molecule has 0 fully saturated rings. The zero-order chi connectivity index (χ0) is 16.2. The lowest BCUT2D eigenvalue weighted by molar-refractivity contribution is -0.114. The van der Waals surface area contributed by atoms with Gasteiger partial charge in [-0.2, -0.15) is 4.98 Å². The highest BCUT2D eigenvalue weighted by Gasteiger charge is 2.06. The van der Waals surface area contributed by atoms with E-state index in [0.717, 1.165) is 11.3 Å². The van der Waals surface area contributed by atoms with Gasteiger partial charge in [0.2, 0.25) is 17.6 Å². The maximum atomic E-state index is 11.0. The van der Waals surface area contributed by atoms with Crippen molar-refractivity contribution in [2.45, 2.75) is 13.8 Å². The predicted molar refractivity (Wildman–Crippen MR) is 85.3 cm³/mol. The number of ether oxygens (including phenoxy) is 1. The molecule has 0 aliphatic rings. The fourth-order valence-electron chi connectivity index (χ4n) is 2.03. The van der Waals surface area contributed by atoms with Gasteiger partial charge in [-0.05, 0) is 48.5 Å². The Morgan fingerprint density at radius 3 is 2.17 bits per heavy atom. The van der Waals surface area contributed by atoms with Crippen LogP contribution in [0.1, 0.15) is 12.8 Å². The molecule has 1 N–H and O–H groups in total. The number of aryl methyl sites for hydroxylation is 1. The van der Waals surface area contributed by atoms with Crippen molar-refractivity contribution in [1.82, 2.24) is 10.1 Å². The first-order valence-corrected chi connectivity index (χ1v) is 7.06. The topological polar surface area (TPSA) is 77.2 Å². The molecule has 0 spiro atoms. The summed E-state index contributed by atoms with van der Waals surface area (Å²) in [5.41, 5.74) is 1.59. The van der Waals surface area contributed by atoms with E-state index in [-0.39, 0.29) is 5.91 Å². The number of anilines is 1. The Morgan fingerprint density at radius 2 is 1.65 bits per heavy atom. The molecule has 1 amide bonds. The first-order valence-electron chi connectivity index (χ1n) is 7.06. The molecule has 2 aromatic carbocycles. The first-order chi connectivity index (χ1) is 11.1. The molecule has 6 heteroatoms. The number of rotatable bonds is 4. The Balaban J connectivity index is 1.69. The predicted octanol–water partition coefficient (Wildman–Crippen LogP) is 3.80. The van der Waals surface area contributed by atoms with Gasteiger partial charge in [0.25, 0.3) is 0 Å². The van der Waals surface area contributed by atoms with Gasteiger partial charge in [-0.1, -0.05) is 5.16 Å². The Morgan fingerprint density at radius 1 is 1.04 bits per heavy atom. The molecule has 0 saturated heterocycles. The molecule has 1 aromatic heterocycles. The minimum absolute atomic E-state index is 0.106. The van der Waals surface area contributed by atoms with Crippen LogP contribution in [0.3, 0.4) is 0 Å². The van der Waals surface area contributed by atoms with Crippen molar-refractivity contribution in [3.8, 4) is 22.9 Å². The van der Waals surface area contributed by atoms with Gasteiger partial charge >= 0.3 is 0 Å². The summed E-state index contributed by atoms with van der Waals surface area (Å²) in [4.78, 5) is 15.2. The summed E-state index contributed by atoms with van der Waals surface area (Å²) in [6.07, 6.45) is 0. The van der Waals surface area contributed by atoms with Crippen LogP contribution < -0.4 is 10.1 Å². The van der Waals surface area contributed by atoms with E-state index in [2.05, 4.69) is 15.5 Å². The smallest absolute Gasteiger partial charge is 0.223 e. The SMILES string of the molecule is CC(=O)Nc1ccc(Oc2ccc(-c3noc(C)n3)cc2)cc1. The maximum Gasteiger partial charge on any atom is 0.223 e. The van der Waals surface area contributed by atoms with Crippen molar-refractivity contribution in [3.05, 3.63) is 54.4 Å². The van der Waals surface area contributed by atoms with Crippen LogP contribution >= 0.6 is 0 Å². The molecule has 3 aromatic rings. The molecule has 0 bridgehead atoms. The fourth-order valence-corrected chi connectivity index (χ4v) is 2.03. The zero-order valence-corrected chi connectivity index (χ0v) is 12.7. The first kappa shape index (κ1) is 14.8. The van der Waals surface area contributed by atoms with Crippen molar-refractivity contribution in [1.29, 1.82) is 0 Å². The number of nitrogens with one attached hydrogen (secondary N) is 1. The molecule has 0 aliphatic heterocycles. The van der Waals surface area contributed by atoms with Gasteiger partial charge in [0.05, 0.1) is 0 Å². The van der Waals surface area contributed by atoms with E-state index in [1.165, 1.54) is 6.92 Å². The summed E-state index contributed by atoms with van der Waals surface area (Å²) in [6, 6.07) is 14.6. The summed E-state index contributed by atoms with van der Waals surface area (Å²) in [5.74, 6) is 2.35. The summed E-state index contributed by atoms with van der Waals surface area (Å²) in [5, 5.41) is 6.58. The highest BCUT2D eigenvalue weighted by molar-refractivity contribution is 5.88. The van der Waals surface area contributed by atoms with Crippen molar-refractivity contribution in [2.24, 2.45) is 0 Å². The maximum absolute atomic E-state index is 11.0. The third-order valence-corrected chi connectivity index (χ3v) is 3.05. The van der Waals surface area contributed by atoms with Gasteiger partial charge in [0, 0.05) is 25.1 Å². The average Bonchev–Trinajstić information content (AvgIpc) is 2.96. The molecule has 1 heterocycles. The van der Waals surface area contributed by atoms with Crippen LogP contribution in [0, 0.1) is 6.92 Å². The Labute approximate surface area is 133 Å². The number of carbonyl (C=O) groups is 1. The minimum atomic E-state index is -0.106. The lowest BCUT2D eigenvalue weighted by Crippen LogP contribution is -2.05. The third kappa shape index (κ3) is 3.74. The number of carbonyl (C=O) groups excluding carboxylic acids is 1. The molecule has 0 saturated carbocycles. The van der Waals surface area contributed by atoms with E-state index >= 15 is 0 Å². The van der Waals surface area contributed by atoms with Crippen molar-refractivity contribution < 1.29 is 14.1 Å². The largest absolute Gasteiger partial charge is 0.457 e. The second-order valence-electron chi connectivity index (χ2n) is 4.97. The quantitative estimate of drug-likeness (QED) is 0.793. The highest BCUT2D eigenvalue weighted by Crippen LogP contribution is 2.25. The number of hydrogen-bond donors (Lipinski definition) is 1. The van der Waals surface area contributed by atoms with Crippen LogP contribution in [0.4, 0.5) is 5.69 Å². The second kappa shape index (κ2) is 6.31. The van der Waals surface area contributed by atoms with Crippen molar-refractivity contribution in [3.63, 3.8) is 0 Å². The van der Waals surface area contributed by atoms with E-state index in [4.69, 9.17) is 9.26 Å².